The molecule has 2 heterocycles. The highest BCUT2D eigenvalue weighted by Crippen LogP contribution is 2.28. The van der Waals surface area contributed by atoms with Gasteiger partial charge in [-0.2, -0.15) is 5.10 Å². The number of carbonyl (C=O) groups excluding carboxylic acids is 1. The minimum absolute atomic E-state index is 0. The number of nitrogens with one attached hydrogen (secondary N) is 2. The molecule has 2 atom stereocenters. The van der Waals surface area contributed by atoms with E-state index in [1.54, 1.807) is 4.68 Å². The Morgan fingerprint density at radius 2 is 1.96 bits per heavy atom. The van der Waals surface area contributed by atoms with E-state index in [1.807, 2.05) is 19.4 Å². The molecule has 1 saturated heterocycles. The normalized spacial score (nSPS) is 19.6. The molecule has 1 amide bonds. The van der Waals surface area contributed by atoms with Crippen LogP contribution in [-0.4, -0.2) is 35.3 Å². The van der Waals surface area contributed by atoms with Crippen molar-refractivity contribution in [3.63, 3.8) is 0 Å². The van der Waals surface area contributed by atoms with Crippen molar-refractivity contribution in [2.75, 3.05) is 19.6 Å². The summed E-state index contributed by atoms with van der Waals surface area (Å²) >= 11 is 0. The lowest BCUT2D eigenvalue weighted by Crippen LogP contribution is -2.35. The predicted octanol–water partition coefficient (Wildman–Crippen LogP) is 2.80. The topological polar surface area (TPSA) is 59.0 Å². The summed E-state index contributed by atoms with van der Waals surface area (Å²) in [4.78, 5) is 12.6. The van der Waals surface area contributed by atoms with Gasteiger partial charge in [0, 0.05) is 38.8 Å². The first-order chi connectivity index (χ1) is 12.3. The van der Waals surface area contributed by atoms with E-state index in [4.69, 9.17) is 0 Å². The molecule has 2 aromatic rings. The van der Waals surface area contributed by atoms with Crippen LogP contribution in [0.25, 0.3) is 0 Å². The van der Waals surface area contributed by atoms with Crippen molar-refractivity contribution in [1.29, 1.82) is 0 Å². The van der Waals surface area contributed by atoms with Crippen LogP contribution in [0.1, 0.15) is 43.4 Å². The Morgan fingerprint density at radius 3 is 2.56 bits per heavy atom. The van der Waals surface area contributed by atoms with Gasteiger partial charge < -0.3 is 10.6 Å². The highest BCUT2D eigenvalue weighted by molar-refractivity contribution is 5.85. The maximum Gasteiger partial charge on any atom is 0.225 e. The maximum atomic E-state index is 12.6. The quantitative estimate of drug-likeness (QED) is 0.825. The standard InChI is InChI=1S/C21H30N4O.ClH/c1-21(2,3)17-7-5-15(6-8-17)9-10-23-20(26)19-13-22-12-18(19)16-11-24-25(4)14-16;/h5-8,11,14,18-19,22H,9-10,12-13H2,1-4H3,(H,23,26);1H/t18-,19+;/m1./s1. The monoisotopic (exact) mass is 390 g/mol. The molecule has 27 heavy (non-hydrogen) atoms. The summed E-state index contributed by atoms with van der Waals surface area (Å²) in [7, 11) is 1.91. The summed E-state index contributed by atoms with van der Waals surface area (Å²) in [6.45, 7) is 8.89. The van der Waals surface area contributed by atoms with Gasteiger partial charge in [0.05, 0.1) is 12.1 Å². The molecule has 0 saturated carbocycles. The molecule has 1 aromatic carbocycles. The predicted molar refractivity (Wildman–Crippen MR) is 111 cm³/mol. The number of rotatable bonds is 5. The van der Waals surface area contributed by atoms with Gasteiger partial charge in [-0.25, -0.2) is 0 Å². The molecule has 148 valence electrons. The van der Waals surface area contributed by atoms with E-state index in [2.05, 4.69) is 60.8 Å². The first-order valence-electron chi connectivity index (χ1n) is 9.41. The molecule has 0 bridgehead atoms. The van der Waals surface area contributed by atoms with Gasteiger partial charge in [-0.3, -0.25) is 9.48 Å². The lowest BCUT2D eigenvalue weighted by molar-refractivity contribution is -0.124. The van der Waals surface area contributed by atoms with Gasteiger partial charge in [-0.05, 0) is 28.5 Å². The number of amides is 1. The van der Waals surface area contributed by atoms with Crippen LogP contribution >= 0.6 is 12.4 Å². The number of carbonyl (C=O) groups is 1. The number of hydrogen-bond donors (Lipinski definition) is 2. The molecule has 0 spiro atoms. The molecule has 1 aliphatic heterocycles. The van der Waals surface area contributed by atoms with Crippen LogP contribution < -0.4 is 10.6 Å². The fraction of sp³-hybridized carbons (Fsp3) is 0.524. The smallest absolute Gasteiger partial charge is 0.225 e. The minimum atomic E-state index is -0.0255. The van der Waals surface area contributed by atoms with Crippen molar-refractivity contribution < 1.29 is 4.79 Å². The SMILES string of the molecule is Cl.Cn1cc([C@H]2CNC[C@@H]2C(=O)NCCc2ccc(C(C)(C)C)cc2)cn1. The van der Waals surface area contributed by atoms with Crippen LogP contribution in [0.15, 0.2) is 36.7 Å². The van der Waals surface area contributed by atoms with Gasteiger partial charge in [0.25, 0.3) is 0 Å². The molecule has 2 N–H and O–H groups in total. The Kier molecular flexibility index (Phi) is 7.06. The Balaban J connectivity index is 0.00000261. The molecule has 1 aromatic heterocycles. The van der Waals surface area contributed by atoms with Crippen molar-refractivity contribution in [1.82, 2.24) is 20.4 Å². The van der Waals surface area contributed by atoms with E-state index in [1.165, 1.54) is 11.1 Å². The Labute approximate surface area is 168 Å². The summed E-state index contributed by atoms with van der Waals surface area (Å²) in [5, 5.41) is 10.7. The van der Waals surface area contributed by atoms with Gasteiger partial charge in [0.15, 0.2) is 0 Å². The molecule has 0 radical (unpaired) electrons. The third-order valence-electron chi connectivity index (χ3n) is 5.24. The Hall–Kier alpha value is -1.85. The average Bonchev–Trinajstić information content (AvgIpc) is 3.23. The van der Waals surface area contributed by atoms with Crippen LogP contribution in [0.4, 0.5) is 0 Å². The van der Waals surface area contributed by atoms with E-state index in [-0.39, 0.29) is 35.6 Å². The third-order valence-corrected chi connectivity index (χ3v) is 5.24. The summed E-state index contributed by atoms with van der Waals surface area (Å²) in [5.74, 6) is 0.312. The van der Waals surface area contributed by atoms with Crippen LogP contribution in [0, 0.1) is 5.92 Å². The number of aryl methyl sites for hydroxylation is 1. The second kappa shape index (κ2) is 8.89. The fourth-order valence-corrected chi connectivity index (χ4v) is 3.57. The van der Waals surface area contributed by atoms with Gasteiger partial charge >= 0.3 is 0 Å². The number of benzene rings is 1. The molecule has 1 fully saturated rings. The molecule has 0 aliphatic carbocycles. The lowest BCUT2D eigenvalue weighted by atomic mass is 9.86. The number of aromatic nitrogens is 2. The Bertz CT molecular complexity index is 748. The Morgan fingerprint density at radius 1 is 1.26 bits per heavy atom. The van der Waals surface area contributed by atoms with Gasteiger partial charge in [-0.1, -0.05) is 45.0 Å². The molecule has 5 nitrogen and oxygen atoms in total. The van der Waals surface area contributed by atoms with E-state index >= 15 is 0 Å². The van der Waals surface area contributed by atoms with Crippen LogP contribution in [0.5, 0.6) is 0 Å². The van der Waals surface area contributed by atoms with E-state index < -0.39 is 0 Å². The maximum absolute atomic E-state index is 12.6. The zero-order valence-corrected chi connectivity index (χ0v) is 17.5. The third kappa shape index (κ3) is 5.33. The van der Waals surface area contributed by atoms with Crippen molar-refractivity contribution in [2.45, 2.75) is 38.5 Å². The largest absolute Gasteiger partial charge is 0.355 e. The highest BCUT2D eigenvalue weighted by atomic mass is 35.5. The number of halogens is 1. The van der Waals surface area contributed by atoms with Crippen molar-refractivity contribution in [2.24, 2.45) is 13.0 Å². The van der Waals surface area contributed by atoms with Crippen molar-refractivity contribution >= 4 is 18.3 Å². The van der Waals surface area contributed by atoms with Gasteiger partial charge in [0.1, 0.15) is 0 Å². The molecule has 0 unspecified atom stereocenters. The number of hydrogen-bond acceptors (Lipinski definition) is 3. The zero-order valence-electron chi connectivity index (χ0n) is 16.7. The minimum Gasteiger partial charge on any atom is -0.355 e. The van der Waals surface area contributed by atoms with E-state index in [0.29, 0.717) is 6.54 Å². The lowest BCUT2D eigenvalue weighted by Gasteiger charge is -2.19. The molecule has 3 rings (SSSR count). The molecular weight excluding hydrogens is 360 g/mol. The van der Waals surface area contributed by atoms with E-state index in [0.717, 1.165) is 25.1 Å². The fourth-order valence-electron chi connectivity index (χ4n) is 3.57. The number of nitrogens with zero attached hydrogens (tertiary/aromatic N) is 2. The van der Waals surface area contributed by atoms with Gasteiger partial charge in [-0.15, -0.1) is 12.4 Å². The highest BCUT2D eigenvalue weighted by Gasteiger charge is 2.34. The summed E-state index contributed by atoms with van der Waals surface area (Å²) < 4.78 is 1.80. The second-order valence-corrected chi connectivity index (χ2v) is 8.31. The summed E-state index contributed by atoms with van der Waals surface area (Å²) in [5.41, 5.74) is 3.90. The first-order valence-corrected chi connectivity index (χ1v) is 9.41. The molecule has 1 aliphatic rings. The van der Waals surface area contributed by atoms with Crippen LogP contribution in [0.3, 0.4) is 0 Å². The van der Waals surface area contributed by atoms with Crippen molar-refractivity contribution in [3.8, 4) is 0 Å². The van der Waals surface area contributed by atoms with Crippen molar-refractivity contribution in [3.05, 3.63) is 53.3 Å². The van der Waals surface area contributed by atoms with Gasteiger partial charge in [0.2, 0.25) is 5.91 Å². The van der Waals surface area contributed by atoms with Crippen LogP contribution in [0.2, 0.25) is 0 Å². The zero-order chi connectivity index (χ0) is 18.7. The van der Waals surface area contributed by atoms with Crippen LogP contribution in [-0.2, 0) is 23.7 Å². The summed E-state index contributed by atoms with van der Waals surface area (Å²) in [6, 6.07) is 8.72. The molecular formula is C21H31ClN4O. The average molecular weight is 391 g/mol. The molecule has 6 heteroatoms. The first kappa shape index (κ1) is 21.5. The second-order valence-electron chi connectivity index (χ2n) is 8.31. The summed E-state index contributed by atoms with van der Waals surface area (Å²) in [6.07, 6.45) is 4.73. The van der Waals surface area contributed by atoms with E-state index in [9.17, 15) is 4.79 Å².